The molecule has 2 aromatic heterocycles. The molecule has 3 heterocycles. The van der Waals surface area contributed by atoms with Gasteiger partial charge >= 0.3 is 0 Å². The first-order chi connectivity index (χ1) is 13.9. The van der Waals surface area contributed by atoms with Gasteiger partial charge in [0.05, 0.1) is 17.0 Å². The van der Waals surface area contributed by atoms with Crippen molar-refractivity contribution in [2.75, 3.05) is 4.90 Å². The lowest BCUT2D eigenvalue weighted by Gasteiger charge is -2.22. The molecule has 6 nitrogen and oxygen atoms in total. The number of anilines is 1. The number of rotatable bonds is 2. The Kier molecular flexibility index (Phi) is 3.82. The highest BCUT2D eigenvalue weighted by Crippen LogP contribution is 2.41. The summed E-state index contributed by atoms with van der Waals surface area (Å²) in [5.74, 6) is -0.475. The molecule has 0 aliphatic carbocycles. The van der Waals surface area contributed by atoms with Gasteiger partial charge in [-0.2, -0.15) is 0 Å². The van der Waals surface area contributed by atoms with E-state index in [1.165, 1.54) is 35.2 Å². The third-order valence-electron chi connectivity index (χ3n) is 4.86. The van der Waals surface area contributed by atoms with Crippen molar-refractivity contribution in [2.45, 2.75) is 13.0 Å². The molecule has 1 atom stereocenters. The van der Waals surface area contributed by atoms with Crippen LogP contribution in [0.15, 0.2) is 62.3 Å². The van der Waals surface area contributed by atoms with E-state index < -0.39 is 23.2 Å². The van der Waals surface area contributed by atoms with Crippen molar-refractivity contribution in [3.05, 3.63) is 92.2 Å². The average molecular weight is 411 g/mol. The van der Waals surface area contributed by atoms with E-state index in [0.29, 0.717) is 16.3 Å². The van der Waals surface area contributed by atoms with Gasteiger partial charge in [-0.3, -0.25) is 14.5 Å². The van der Waals surface area contributed by atoms with Gasteiger partial charge in [-0.15, -0.1) is 0 Å². The lowest BCUT2D eigenvalue weighted by atomic mass is 9.98. The molecule has 0 saturated carbocycles. The summed E-state index contributed by atoms with van der Waals surface area (Å²) in [6.45, 7) is 1.68. The van der Waals surface area contributed by atoms with E-state index >= 15 is 0 Å². The normalized spacial score (nSPS) is 15.9. The van der Waals surface area contributed by atoms with E-state index in [-0.39, 0.29) is 28.1 Å². The van der Waals surface area contributed by atoms with Crippen LogP contribution in [0.4, 0.5) is 10.2 Å². The molecule has 8 heteroatoms. The maximum absolute atomic E-state index is 14.0. The summed E-state index contributed by atoms with van der Waals surface area (Å²) in [6, 6.07) is 10.9. The molecule has 0 radical (unpaired) electrons. The molecule has 0 fully saturated rings. The minimum Gasteiger partial charge on any atom is -0.450 e. The third-order valence-corrected chi connectivity index (χ3v) is 5.09. The summed E-state index contributed by atoms with van der Waals surface area (Å²) in [5.41, 5.74) is 0.346. The van der Waals surface area contributed by atoms with Gasteiger partial charge < -0.3 is 8.94 Å². The van der Waals surface area contributed by atoms with E-state index in [2.05, 4.69) is 5.16 Å². The van der Waals surface area contributed by atoms with Crippen LogP contribution in [0.2, 0.25) is 5.02 Å². The summed E-state index contributed by atoms with van der Waals surface area (Å²) in [5, 5.41) is 4.52. The fourth-order valence-corrected chi connectivity index (χ4v) is 3.81. The topological polar surface area (TPSA) is 76.6 Å². The molecule has 0 N–H and O–H groups in total. The van der Waals surface area contributed by atoms with Gasteiger partial charge in [0.2, 0.25) is 5.76 Å². The molecule has 1 amide bonds. The minimum atomic E-state index is -0.919. The summed E-state index contributed by atoms with van der Waals surface area (Å²) in [4.78, 5) is 27.8. The van der Waals surface area contributed by atoms with Gasteiger partial charge in [-0.05, 0) is 42.8 Å². The number of hydrogen-bond donors (Lipinski definition) is 0. The Morgan fingerprint density at radius 3 is 2.69 bits per heavy atom. The standard InChI is InChI=1S/C21H12ClFN2O4/c1-10-7-16(24-29-10)25-18(11-3-2-4-13(23)8-11)17-19(26)14-9-12(22)5-6-15(14)28-20(17)21(25)27/h2-9,18H,1H3/t18-/m0/s1. The van der Waals surface area contributed by atoms with Crippen LogP contribution in [0, 0.1) is 12.7 Å². The molecule has 29 heavy (non-hydrogen) atoms. The van der Waals surface area contributed by atoms with Crippen molar-refractivity contribution in [1.82, 2.24) is 5.16 Å². The Bertz CT molecular complexity index is 1360. The Morgan fingerprint density at radius 1 is 1.14 bits per heavy atom. The average Bonchev–Trinajstić information content (AvgIpc) is 3.24. The highest BCUT2D eigenvalue weighted by Gasteiger charge is 2.45. The third kappa shape index (κ3) is 2.66. The second-order valence-corrected chi connectivity index (χ2v) is 7.18. The number of aryl methyl sites for hydroxylation is 1. The Labute approximate surface area is 168 Å². The van der Waals surface area contributed by atoms with Crippen molar-refractivity contribution in [3.63, 3.8) is 0 Å². The summed E-state index contributed by atoms with van der Waals surface area (Å²) >= 11 is 6.04. The van der Waals surface area contributed by atoms with E-state index in [1.54, 1.807) is 25.1 Å². The number of halogens is 2. The van der Waals surface area contributed by atoms with Crippen LogP contribution in [0.3, 0.4) is 0 Å². The highest BCUT2D eigenvalue weighted by atomic mass is 35.5. The fourth-order valence-electron chi connectivity index (χ4n) is 3.64. The number of fused-ring (bicyclic) bond motifs is 2. The first-order valence-electron chi connectivity index (χ1n) is 8.72. The quantitative estimate of drug-likeness (QED) is 0.481. The fraction of sp³-hybridized carbons (Fsp3) is 0.0952. The second-order valence-electron chi connectivity index (χ2n) is 6.74. The summed E-state index contributed by atoms with van der Waals surface area (Å²) in [6.07, 6.45) is 0. The molecule has 0 saturated heterocycles. The Morgan fingerprint density at radius 2 is 1.97 bits per heavy atom. The lowest BCUT2D eigenvalue weighted by Crippen LogP contribution is -2.29. The van der Waals surface area contributed by atoms with Crippen LogP contribution in [0.25, 0.3) is 11.0 Å². The maximum Gasteiger partial charge on any atom is 0.296 e. The molecule has 2 aromatic carbocycles. The summed E-state index contributed by atoms with van der Waals surface area (Å²) in [7, 11) is 0. The predicted molar refractivity (Wildman–Crippen MR) is 104 cm³/mol. The Hall–Kier alpha value is -3.45. The lowest BCUT2D eigenvalue weighted by molar-refractivity contribution is 0.0969. The second kappa shape index (κ2) is 6.28. The van der Waals surface area contributed by atoms with Crippen LogP contribution in [0.1, 0.15) is 33.5 Å². The van der Waals surface area contributed by atoms with E-state index in [1.807, 2.05) is 0 Å². The van der Waals surface area contributed by atoms with Gasteiger partial charge in [0.1, 0.15) is 17.2 Å². The number of hydrogen-bond acceptors (Lipinski definition) is 5. The van der Waals surface area contributed by atoms with E-state index in [9.17, 15) is 14.0 Å². The maximum atomic E-state index is 14.0. The molecular formula is C21H12ClFN2O4. The molecule has 1 aliphatic rings. The number of aromatic nitrogens is 1. The number of amides is 1. The minimum absolute atomic E-state index is 0.107. The number of nitrogens with zero attached hydrogens (tertiary/aromatic N) is 2. The molecule has 0 bridgehead atoms. The molecular weight excluding hydrogens is 399 g/mol. The zero-order chi connectivity index (χ0) is 20.3. The first-order valence-corrected chi connectivity index (χ1v) is 9.10. The zero-order valence-corrected chi connectivity index (χ0v) is 15.7. The smallest absolute Gasteiger partial charge is 0.296 e. The SMILES string of the molecule is Cc1cc(N2C(=O)c3oc4ccc(Cl)cc4c(=O)c3[C@@H]2c2cccc(F)c2)no1. The number of benzene rings is 2. The van der Waals surface area contributed by atoms with Crippen molar-refractivity contribution in [2.24, 2.45) is 0 Å². The van der Waals surface area contributed by atoms with Crippen LogP contribution >= 0.6 is 11.6 Å². The molecule has 1 aliphatic heterocycles. The molecule has 5 rings (SSSR count). The molecule has 4 aromatic rings. The van der Waals surface area contributed by atoms with Gasteiger partial charge in [0, 0.05) is 11.1 Å². The van der Waals surface area contributed by atoms with E-state index in [4.69, 9.17) is 20.5 Å². The van der Waals surface area contributed by atoms with Crippen LogP contribution < -0.4 is 10.3 Å². The first kappa shape index (κ1) is 17.6. The van der Waals surface area contributed by atoms with Crippen molar-refractivity contribution in [1.29, 1.82) is 0 Å². The number of carbonyl (C=O) groups excluding carboxylic acids is 1. The van der Waals surface area contributed by atoms with Gasteiger partial charge in [0.25, 0.3) is 5.91 Å². The van der Waals surface area contributed by atoms with Crippen LogP contribution in [-0.2, 0) is 0 Å². The van der Waals surface area contributed by atoms with Gasteiger partial charge in [0.15, 0.2) is 11.2 Å². The highest BCUT2D eigenvalue weighted by molar-refractivity contribution is 6.31. The van der Waals surface area contributed by atoms with Crippen molar-refractivity contribution in [3.8, 4) is 0 Å². The van der Waals surface area contributed by atoms with E-state index in [0.717, 1.165) is 0 Å². The van der Waals surface area contributed by atoms with Crippen molar-refractivity contribution >= 4 is 34.3 Å². The number of carbonyl (C=O) groups is 1. The van der Waals surface area contributed by atoms with Gasteiger partial charge in [-0.25, -0.2) is 4.39 Å². The molecule has 0 unspecified atom stereocenters. The van der Waals surface area contributed by atoms with Crippen LogP contribution in [0.5, 0.6) is 0 Å². The van der Waals surface area contributed by atoms with Gasteiger partial charge in [-0.1, -0.05) is 28.9 Å². The largest absolute Gasteiger partial charge is 0.450 e. The monoisotopic (exact) mass is 410 g/mol. The molecule has 144 valence electrons. The summed E-state index contributed by atoms with van der Waals surface area (Å²) < 4.78 is 24.9. The Balaban J connectivity index is 1.84. The predicted octanol–water partition coefficient (Wildman–Crippen LogP) is 4.63. The zero-order valence-electron chi connectivity index (χ0n) is 15.0. The molecule has 0 spiro atoms. The van der Waals surface area contributed by atoms with Crippen molar-refractivity contribution < 1.29 is 18.1 Å². The van der Waals surface area contributed by atoms with Crippen LogP contribution in [-0.4, -0.2) is 11.1 Å².